The SMILES string of the molecule is OCCC(O)COCCOCc1ccccc1. The van der Waals surface area contributed by atoms with Crippen LogP contribution in [-0.4, -0.2) is 42.7 Å². The smallest absolute Gasteiger partial charge is 0.0795 e. The number of hydrogen-bond donors (Lipinski definition) is 2. The van der Waals surface area contributed by atoms with Crippen LogP contribution in [-0.2, 0) is 16.1 Å². The van der Waals surface area contributed by atoms with Gasteiger partial charge in [0.25, 0.3) is 0 Å². The molecule has 96 valence electrons. The van der Waals surface area contributed by atoms with Crippen LogP contribution in [0.1, 0.15) is 12.0 Å². The molecular weight excluding hydrogens is 220 g/mol. The Hall–Kier alpha value is -0.940. The molecule has 1 aromatic rings. The molecule has 0 spiro atoms. The van der Waals surface area contributed by atoms with Crippen LogP contribution < -0.4 is 0 Å². The quantitative estimate of drug-likeness (QED) is 0.631. The second kappa shape index (κ2) is 9.13. The lowest BCUT2D eigenvalue weighted by Gasteiger charge is -2.09. The van der Waals surface area contributed by atoms with Crippen LogP contribution >= 0.6 is 0 Å². The number of aliphatic hydroxyl groups is 2. The molecule has 0 aromatic heterocycles. The summed E-state index contributed by atoms with van der Waals surface area (Å²) in [6.45, 7) is 1.75. The highest BCUT2D eigenvalue weighted by molar-refractivity contribution is 5.13. The highest BCUT2D eigenvalue weighted by atomic mass is 16.5. The number of aliphatic hydroxyl groups excluding tert-OH is 2. The maximum atomic E-state index is 9.26. The van der Waals surface area contributed by atoms with Crippen molar-refractivity contribution >= 4 is 0 Å². The van der Waals surface area contributed by atoms with Gasteiger partial charge in [-0.15, -0.1) is 0 Å². The molecule has 0 amide bonds. The molecule has 0 aliphatic carbocycles. The van der Waals surface area contributed by atoms with Crippen LogP contribution in [0.3, 0.4) is 0 Å². The molecule has 17 heavy (non-hydrogen) atoms. The van der Waals surface area contributed by atoms with Crippen molar-refractivity contribution in [3.05, 3.63) is 35.9 Å². The minimum absolute atomic E-state index is 0.0188. The van der Waals surface area contributed by atoms with Gasteiger partial charge in [-0.1, -0.05) is 30.3 Å². The third kappa shape index (κ3) is 7.07. The van der Waals surface area contributed by atoms with Crippen molar-refractivity contribution in [2.45, 2.75) is 19.1 Å². The van der Waals surface area contributed by atoms with E-state index in [1.165, 1.54) is 0 Å². The Bertz CT molecular complexity index is 276. The normalized spacial score (nSPS) is 12.6. The van der Waals surface area contributed by atoms with E-state index < -0.39 is 6.10 Å². The van der Waals surface area contributed by atoms with Crippen molar-refractivity contribution in [3.63, 3.8) is 0 Å². The predicted octanol–water partition coefficient (Wildman–Crippen LogP) is 0.963. The molecule has 1 atom stereocenters. The van der Waals surface area contributed by atoms with Gasteiger partial charge in [-0.2, -0.15) is 0 Å². The van der Waals surface area contributed by atoms with Gasteiger partial charge in [0, 0.05) is 6.61 Å². The number of rotatable bonds is 9. The van der Waals surface area contributed by atoms with E-state index >= 15 is 0 Å². The van der Waals surface area contributed by atoms with Crippen LogP contribution in [0.4, 0.5) is 0 Å². The van der Waals surface area contributed by atoms with Gasteiger partial charge in [-0.05, 0) is 12.0 Å². The molecule has 0 radical (unpaired) electrons. The minimum atomic E-state index is -0.589. The highest BCUT2D eigenvalue weighted by Crippen LogP contribution is 2.00. The van der Waals surface area contributed by atoms with Gasteiger partial charge in [-0.3, -0.25) is 0 Å². The summed E-state index contributed by atoms with van der Waals surface area (Å²) in [5, 5.41) is 17.8. The zero-order valence-corrected chi connectivity index (χ0v) is 9.92. The molecule has 2 N–H and O–H groups in total. The van der Waals surface area contributed by atoms with Crippen LogP contribution in [0.15, 0.2) is 30.3 Å². The fourth-order valence-electron chi connectivity index (χ4n) is 1.33. The van der Waals surface area contributed by atoms with Gasteiger partial charge in [0.15, 0.2) is 0 Å². The predicted molar refractivity (Wildman–Crippen MR) is 64.6 cm³/mol. The maximum Gasteiger partial charge on any atom is 0.0795 e. The Morgan fingerprint density at radius 2 is 1.76 bits per heavy atom. The zero-order chi connectivity index (χ0) is 12.3. The Balaban J connectivity index is 1.95. The Labute approximate surface area is 102 Å². The number of hydrogen-bond acceptors (Lipinski definition) is 4. The van der Waals surface area contributed by atoms with Gasteiger partial charge in [0.1, 0.15) is 0 Å². The monoisotopic (exact) mass is 240 g/mol. The molecule has 0 bridgehead atoms. The van der Waals surface area contributed by atoms with Crippen molar-refractivity contribution in [2.24, 2.45) is 0 Å². The van der Waals surface area contributed by atoms with E-state index in [0.717, 1.165) is 5.56 Å². The Kier molecular flexibility index (Phi) is 7.58. The second-order valence-corrected chi connectivity index (χ2v) is 3.78. The maximum absolute atomic E-state index is 9.26. The second-order valence-electron chi connectivity index (χ2n) is 3.78. The summed E-state index contributed by atoms with van der Waals surface area (Å²) in [7, 11) is 0. The average Bonchev–Trinajstić information content (AvgIpc) is 2.35. The molecule has 1 rings (SSSR count). The van der Waals surface area contributed by atoms with E-state index in [1.54, 1.807) is 0 Å². The Morgan fingerprint density at radius 1 is 1.06 bits per heavy atom. The minimum Gasteiger partial charge on any atom is -0.396 e. The van der Waals surface area contributed by atoms with Crippen molar-refractivity contribution in [1.82, 2.24) is 0 Å². The van der Waals surface area contributed by atoms with Gasteiger partial charge in [-0.25, -0.2) is 0 Å². The first-order valence-electron chi connectivity index (χ1n) is 5.81. The lowest BCUT2D eigenvalue weighted by Crippen LogP contribution is -2.18. The average molecular weight is 240 g/mol. The summed E-state index contributed by atoms with van der Waals surface area (Å²) in [5.74, 6) is 0. The zero-order valence-electron chi connectivity index (χ0n) is 9.92. The Morgan fingerprint density at radius 3 is 2.47 bits per heavy atom. The summed E-state index contributed by atoms with van der Waals surface area (Å²) in [6.07, 6.45) is -0.237. The van der Waals surface area contributed by atoms with Gasteiger partial charge >= 0.3 is 0 Å². The van der Waals surface area contributed by atoms with Crippen LogP contribution in [0.25, 0.3) is 0 Å². The molecule has 0 saturated heterocycles. The van der Waals surface area contributed by atoms with E-state index in [0.29, 0.717) is 26.2 Å². The van der Waals surface area contributed by atoms with Gasteiger partial charge < -0.3 is 19.7 Å². The van der Waals surface area contributed by atoms with E-state index in [2.05, 4.69) is 0 Å². The first-order chi connectivity index (χ1) is 8.33. The van der Waals surface area contributed by atoms with Crippen molar-refractivity contribution in [1.29, 1.82) is 0 Å². The summed E-state index contributed by atoms with van der Waals surface area (Å²) < 4.78 is 10.6. The van der Waals surface area contributed by atoms with E-state index in [1.807, 2.05) is 30.3 Å². The topological polar surface area (TPSA) is 58.9 Å². The molecule has 0 aliphatic heterocycles. The highest BCUT2D eigenvalue weighted by Gasteiger charge is 2.02. The van der Waals surface area contributed by atoms with Crippen molar-refractivity contribution in [3.8, 4) is 0 Å². The summed E-state index contributed by atoms with van der Waals surface area (Å²) in [6, 6.07) is 9.92. The molecule has 4 heteroatoms. The summed E-state index contributed by atoms with van der Waals surface area (Å²) >= 11 is 0. The lowest BCUT2D eigenvalue weighted by atomic mass is 10.2. The fraction of sp³-hybridized carbons (Fsp3) is 0.538. The van der Waals surface area contributed by atoms with Crippen LogP contribution in [0, 0.1) is 0 Å². The fourth-order valence-corrected chi connectivity index (χ4v) is 1.33. The lowest BCUT2D eigenvalue weighted by molar-refractivity contribution is -0.00624. The first kappa shape index (κ1) is 14.1. The molecule has 0 saturated carbocycles. The van der Waals surface area contributed by atoms with Crippen molar-refractivity contribution in [2.75, 3.05) is 26.4 Å². The molecule has 0 fully saturated rings. The van der Waals surface area contributed by atoms with E-state index in [-0.39, 0.29) is 13.2 Å². The largest absolute Gasteiger partial charge is 0.396 e. The van der Waals surface area contributed by atoms with Gasteiger partial charge in [0.2, 0.25) is 0 Å². The van der Waals surface area contributed by atoms with Gasteiger partial charge in [0.05, 0.1) is 32.5 Å². The van der Waals surface area contributed by atoms with Crippen LogP contribution in [0.2, 0.25) is 0 Å². The van der Waals surface area contributed by atoms with E-state index in [9.17, 15) is 5.11 Å². The molecule has 4 nitrogen and oxygen atoms in total. The molecular formula is C13H20O4. The molecule has 1 unspecified atom stereocenters. The van der Waals surface area contributed by atoms with Crippen LogP contribution in [0.5, 0.6) is 0 Å². The molecule has 0 aliphatic rings. The number of benzene rings is 1. The van der Waals surface area contributed by atoms with Crippen molar-refractivity contribution < 1.29 is 19.7 Å². The third-order valence-electron chi connectivity index (χ3n) is 2.26. The summed E-state index contributed by atoms with van der Waals surface area (Å²) in [5.41, 5.74) is 1.13. The summed E-state index contributed by atoms with van der Waals surface area (Å²) in [4.78, 5) is 0. The standard InChI is InChI=1S/C13H20O4/c14-7-6-13(15)11-17-9-8-16-10-12-4-2-1-3-5-12/h1-5,13-15H,6-11H2. The molecule has 0 heterocycles. The third-order valence-corrected chi connectivity index (χ3v) is 2.26. The molecule has 1 aromatic carbocycles. The number of ether oxygens (including phenoxy) is 2. The first-order valence-corrected chi connectivity index (χ1v) is 5.81. The van der Waals surface area contributed by atoms with E-state index in [4.69, 9.17) is 14.6 Å².